The first-order valence-corrected chi connectivity index (χ1v) is 10.4. The lowest BCUT2D eigenvalue weighted by atomic mass is 10.2. The second-order valence-corrected chi connectivity index (χ2v) is 7.72. The van der Waals surface area contributed by atoms with Crippen LogP contribution in [0, 0.1) is 0 Å². The number of fused-ring (bicyclic) bond motifs is 1. The first kappa shape index (κ1) is 20.2. The van der Waals surface area contributed by atoms with E-state index in [0.29, 0.717) is 28.1 Å². The molecule has 4 rings (SSSR count). The summed E-state index contributed by atoms with van der Waals surface area (Å²) in [5.74, 6) is 1.95. The van der Waals surface area contributed by atoms with Crippen LogP contribution in [0.4, 0.5) is 0 Å². The smallest absolute Gasteiger partial charge is 0.270 e. The topological polar surface area (TPSA) is 94.9 Å². The van der Waals surface area contributed by atoms with Crippen LogP contribution in [-0.4, -0.2) is 39.2 Å². The van der Waals surface area contributed by atoms with E-state index in [0.717, 1.165) is 16.6 Å². The molecule has 0 spiro atoms. The quantitative estimate of drug-likeness (QED) is 0.345. The van der Waals surface area contributed by atoms with Gasteiger partial charge in [0.2, 0.25) is 0 Å². The van der Waals surface area contributed by atoms with E-state index in [1.165, 1.54) is 11.8 Å². The lowest BCUT2D eigenvalue weighted by Crippen LogP contribution is -2.15. The van der Waals surface area contributed by atoms with Crippen molar-refractivity contribution in [2.75, 3.05) is 14.2 Å². The number of ether oxygens (including phenoxy) is 2. The summed E-state index contributed by atoms with van der Waals surface area (Å²) in [4.78, 5) is 19.6. The van der Waals surface area contributed by atoms with Gasteiger partial charge in [0.15, 0.2) is 5.16 Å². The number of hydrogen-bond donors (Lipinski definition) is 1. The first-order chi connectivity index (χ1) is 14.6. The highest BCUT2D eigenvalue weighted by atomic mass is 35.5. The van der Waals surface area contributed by atoms with Crippen LogP contribution in [0.15, 0.2) is 52.4 Å². The van der Waals surface area contributed by atoms with Gasteiger partial charge in [-0.25, -0.2) is 9.67 Å². The number of methoxy groups -OCH3 is 2. The average molecular weight is 444 g/mol. The van der Waals surface area contributed by atoms with Gasteiger partial charge in [-0.05, 0) is 29.8 Å². The molecule has 0 aliphatic heterocycles. The molecule has 0 bridgehead atoms. The predicted octanol–water partition coefficient (Wildman–Crippen LogP) is 3.53. The Balaban J connectivity index is 1.58. The van der Waals surface area contributed by atoms with Gasteiger partial charge in [0.05, 0.1) is 32.0 Å². The van der Waals surface area contributed by atoms with E-state index in [4.69, 9.17) is 21.1 Å². The summed E-state index contributed by atoms with van der Waals surface area (Å²) in [5, 5.41) is 8.78. The van der Waals surface area contributed by atoms with Crippen molar-refractivity contribution in [1.82, 2.24) is 25.0 Å². The van der Waals surface area contributed by atoms with Crippen molar-refractivity contribution in [3.05, 3.63) is 69.1 Å². The molecular weight excluding hydrogens is 426 g/mol. The van der Waals surface area contributed by atoms with Gasteiger partial charge in [0, 0.05) is 11.8 Å². The van der Waals surface area contributed by atoms with E-state index >= 15 is 0 Å². The molecule has 154 valence electrons. The van der Waals surface area contributed by atoms with Crippen LogP contribution in [-0.2, 0) is 12.3 Å². The van der Waals surface area contributed by atoms with Crippen molar-refractivity contribution in [3.63, 3.8) is 0 Å². The number of H-pyrrole nitrogens is 1. The second-order valence-electron chi connectivity index (χ2n) is 6.38. The van der Waals surface area contributed by atoms with E-state index in [1.54, 1.807) is 25.0 Å². The molecule has 0 saturated carbocycles. The maximum atomic E-state index is 12.3. The molecule has 0 radical (unpaired) electrons. The lowest BCUT2D eigenvalue weighted by molar-refractivity contribution is 0.393. The Morgan fingerprint density at radius 1 is 1.13 bits per heavy atom. The van der Waals surface area contributed by atoms with Gasteiger partial charge in [-0.2, -0.15) is 0 Å². The van der Waals surface area contributed by atoms with Crippen LogP contribution < -0.4 is 15.0 Å². The first-order valence-electron chi connectivity index (χ1n) is 8.99. The van der Waals surface area contributed by atoms with Crippen LogP contribution in [0.2, 0.25) is 5.02 Å². The van der Waals surface area contributed by atoms with Gasteiger partial charge in [-0.3, -0.25) is 4.79 Å². The molecule has 0 aliphatic carbocycles. The zero-order valence-corrected chi connectivity index (χ0v) is 17.8. The van der Waals surface area contributed by atoms with Gasteiger partial charge in [-0.15, -0.1) is 5.10 Å². The second kappa shape index (κ2) is 8.76. The molecule has 30 heavy (non-hydrogen) atoms. The van der Waals surface area contributed by atoms with Crippen LogP contribution >= 0.6 is 23.4 Å². The molecule has 0 fully saturated rings. The number of benzene rings is 2. The number of para-hydroxylation sites is 1. The summed E-state index contributed by atoms with van der Waals surface area (Å²) in [5.41, 5.74) is 2.62. The highest BCUT2D eigenvalue weighted by molar-refractivity contribution is 7.98. The summed E-state index contributed by atoms with van der Waals surface area (Å²) in [6.07, 6.45) is 0. The number of aromatic nitrogens is 5. The highest BCUT2D eigenvalue weighted by Gasteiger charge is 2.13. The van der Waals surface area contributed by atoms with Gasteiger partial charge in [0.1, 0.15) is 22.0 Å². The maximum Gasteiger partial charge on any atom is 0.270 e. The standard InChI is InChI=1S/C20H18ClN5O3S/c1-28-13-7-12(8-14(9-13)29-2)11-30-20-22-16(18(21)19(27)23-20)10-26-17-6-4-3-5-15(17)24-25-26/h3-9H,10-11H2,1-2H3,(H,22,23,27). The third kappa shape index (κ3) is 4.27. The fourth-order valence-electron chi connectivity index (χ4n) is 2.93. The van der Waals surface area contributed by atoms with E-state index in [2.05, 4.69) is 20.3 Å². The molecule has 1 N–H and O–H groups in total. The molecule has 0 atom stereocenters. The number of halogens is 1. The molecule has 2 heterocycles. The Kier molecular flexibility index (Phi) is 5.91. The molecule has 10 heteroatoms. The molecule has 2 aromatic heterocycles. The Bertz CT molecular complexity index is 1230. The van der Waals surface area contributed by atoms with Crippen LogP contribution in [0.1, 0.15) is 11.3 Å². The Hall–Kier alpha value is -3.04. The van der Waals surface area contributed by atoms with Crippen LogP contribution in [0.5, 0.6) is 11.5 Å². The van der Waals surface area contributed by atoms with Crippen molar-refractivity contribution in [1.29, 1.82) is 0 Å². The summed E-state index contributed by atoms with van der Waals surface area (Å²) < 4.78 is 12.3. The summed E-state index contributed by atoms with van der Waals surface area (Å²) in [6, 6.07) is 13.2. The molecule has 8 nitrogen and oxygen atoms in total. The maximum absolute atomic E-state index is 12.3. The van der Waals surface area contributed by atoms with Gasteiger partial charge in [-0.1, -0.05) is 40.7 Å². The fraction of sp³-hybridized carbons (Fsp3) is 0.200. The van der Waals surface area contributed by atoms with Crippen molar-refractivity contribution < 1.29 is 9.47 Å². The van der Waals surface area contributed by atoms with Gasteiger partial charge >= 0.3 is 0 Å². The number of rotatable bonds is 7. The van der Waals surface area contributed by atoms with Crippen molar-refractivity contribution >= 4 is 34.4 Å². The number of aromatic amines is 1. The summed E-state index contributed by atoms with van der Waals surface area (Å²) >= 11 is 7.60. The predicted molar refractivity (Wildman–Crippen MR) is 116 cm³/mol. The summed E-state index contributed by atoms with van der Waals surface area (Å²) in [7, 11) is 3.20. The zero-order chi connectivity index (χ0) is 21.1. The van der Waals surface area contributed by atoms with Crippen molar-refractivity contribution in [2.45, 2.75) is 17.5 Å². The number of hydrogen-bond acceptors (Lipinski definition) is 7. The van der Waals surface area contributed by atoms with E-state index in [1.807, 2.05) is 36.4 Å². The number of nitrogens with one attached hydrogen (secondary N) is 1. The molecule has 4 aromatic rings. The molecular formula is C20H18ClN5O3S. The minimum atomic E-state index is -0.392. The Morgan fingerprint density at radius 2 is 1.87 bits per heavy atom. The third-order valence-electron chi connectivity index (χ3n) is 4.42. The van der Waals surface area contributed by atoms with Crippen molar-refractivity contribution in [3.8, 4) is 11.5 Å². The minimum absolute atomic E-state index is 0.0435. The zero-order valence-electron chi connectivity index (χ0n) is 16.3. The monoisotopic (exact) mass is 443 g/mol. The lowest BCUT2D eigenvalue weighted by Gasteiger charge is -2.09. The normalized spacial score (nSPS) is 11.0. The molecule has 2 aromatic carbocycles. The summed E-state index contributed by atoms with van der Waals surface area (Å²) in [6.45, 7) is 0.240. The molecule has 0 aliphatic rings. The van der Waals surface area contributed by atoms with E-state index in [9.17, 15) is 4.79 Å². The SMILES string of the molecule is COc1cc(CSc2nc(Cn3nnc4ccccc43)c(Cl)c(=O)[nH]2)cc(OC)c1. The fourth-order valence-corrected chi connectivity index (χ4v) is 3.89. The van der Waals surface area contributed by atoms with Gasteiger partial charge in [0.25, 0.3) is 5.56 Å². The van der Waals surface area contributed by atoms with Crippen molar-refractivity contribution in [2.24, 2.45) is 0 Å². The van der Waals surface area contributed by atoms with E-state index < -0.39 is 5.56 Å². The highest BCUT2D eigenvalue weighted by Crippen LogP contribution is 2.27. The van der Waals surface area contributed by atoms with E-state index in [-0.39, 0.29) is 11.6 Å². The Labute approximate surface area is 181 Å². The number of thioether (sulfide) groups is 1. The molecule has 0 unspecified atom stereocenters. The van der Waals surface area contributed by atoms with Gasteiger partial charge < -0.3 is 14.5 Å². The third-order valence-corrected chi connectivity index (χ3v) is 5.75. The largest absolute Gasteiger partial charge is 0.497 e. The van der Waals surface area contributed by atoms with Crippen LogP contribution in [0.25, 0.3) is 11.0 Å². The number of nitrogens with zero attached hydrogens (tertiary/aromatic N) is 4. The minimum Gasteiger partial charge on any atom is -0.497 e. The molecule has 0 amide bonds. The molecule has 0 saturated heterocycles. The average Bonchev–Trinajstić information content (AvgIpc) is 3.18. The van der Waals surface area contributed by atoms with Crippen LogP contribution in [0.3, 0.4) is 0 Å². The Morgan fingerprint density at radius 3 is 2.60 bits per heavy atom.